The molecule has 0 aliphatic carbocycles. The van der Waals surface area contributed by atoms with E-state index >= 15 is 0 Å². The number of rotatable bonds is 5. The Bertz CT molecular complexity index is 3390. The minimum atomic E-state index is -0.255. The second-order valence-corrected chi connectivity index (χ2v) is 15.6. The lowest BCUT2D eigenvalue weighted by atomic mass is 9.99. The molecule has 1 N–H and O–H groups in total. The minimum Gasteiger partial charge on any atom is -0.456 e. The first-order chi connectivity index (χ1) is 28.2. The van der Waals surface area contributed by atoms with Gasteiger partial charge in [-0.05, 0) is 71.3 Å². The maximum absolute atomic E-state index is 6.53. The average molecular weight is 749 g/mol. The van der Waals surface area contributed by atoms with Crippen LogP contribution in [0.3, 0.4) is 0 Å². The zero-order valence-electron chi connectivity index (χ0n) is 30.6. The highest BCUT2D eigenvalue weighted by Gasteiger charge is 2.24. The molecule has 1 aliphatic heterocycles. The fourth-order valence-electron chi connectivity index (χ4n) is 8.63. The standard InChI is InChI=1S/C51H32N4OS/c1-3-13-31(14-4-1)49-52-50(32-15-5-2-6-16-32)54-51(53-49)38-20-11-19-37-39-29-34(26-28-46(39)57-48(37)38)33-25-27-44-40(30-33)47-43(23-12-24-45(47)56-44)55-41-21-9-7-17-35(41)36-18-8-10-22-42(36)55/h1-30,49H,(H,52,53,54). The van der Waals surface area contributed by atoms with Gasteiger partial charge in [-0.25, -0.2) is 9.98 Å². The Kier molecular flexibility index (Phi) is 7.09. The van der Waals surface area contributed by atoms with Crippen LogP contribution >= 0.6 is 11.3 Å². The van der Waals surface area contributed by atoms with Crippen molar-refractivity contribution < 1.29 is 4.42 Å². The fraction of sp³-hybridized carbons (Fsp3) is 0.0196. The van der Waals surface area contributed by atoms with Crippen molar-refractivity contribution in [2.24, 2.45) is 9.98 Å². The predicted octanol–water partition coefficient (Wildman–Crippen LogP) is 13.2. The van der Waals surface area contributed by atoms with E-state index in [0.717, 1.165) is 67.1 Å². The molecule has 268 valence electrons. The molecule has 0 saturated carbocycles. The van der Waals surface area contributed by atoms with Gasteiger partial charge in [0.05, 0.1) is 22.1 Å². The maximum atomic E-state index is 6.53. The SMILES string of the molecule is c1ccc(C2=NC(c3ccccc3)NC(c3cccc4c3sc3ccc(-c5ccc6oc7cccc(-n8c9ccccc9c9ccccc98)c7c6c5)cc34)=N2)cc1. The fourth-order valence-corrected chi connectivity index (χ4v) is 9.83. The third-order valence-corrected chi connectivity index (χ3v) is 12.5. The van der Waals surface area contributed by atoms with Gasteiger partial charge in [0.25, 0.3) is 0 Å². The highest BCUT2D eigenvalue weighted by atomic mass is 32.1. The molecule has 11 aromatic rings. The van der Waals surface area contributed by atoms with Gasteiger partial charge in [0, 0.05) is 47.5 Å². The molecular formula is C51H32N4OS. The van der Waals surface area contributed by atoms with Crippen molar-refractivity contribution in [3.8, 4) is 16.8 Å². The third-order valence-electron chi connectivity index (χ3n) is 11.3. The molecule has 0 amide bonds. The second-order valence-electron chi connectivity index (χ2n) is 14.6. The molecule has 12 rings (SSSR count). The van der Waals surface area contributed by atoms with Gasteiger partial charge in [-0.15, -0.1) is 11.3 Å². The number of aromatic nitrogens is 1. The highest BCUT2D eigenvalue weighted by molar-refractivity contribution is 7.26. The van der Waals surface area contributed by atoms with Crippen LogP contribution in [0.2, 0.25) is 0 Å². The van der Waals surface area contributed by atoms with Gasteiger partial charge in [-0.2, -0.15) is 0 Å². The number of amidine groups is 2. The predicted molar refractivity (Wildman–Crippen MR) is 238 cm³/mol. The van der Waals surface area contributed by atoms with E-state index in [1.807, 2.05) is 35.6 Å². The van der Waals surface area contributed by atoms with Crippen LogP contribution < -0.4 is 5.32 Å². The first-order valence-electron chi connectivity index (χ1n) is 19.2. The third kappa shape index (κ3) is 5.08. The number of thiophene rings is 1. The van der Waals surface area contributed by atoms with Crippen LogP contribution in [0.5, 0.6) is 0 Å². The van der Waals surface area contributed by atoms with E-state index in [2.05, 4.69) is 168 Å². The van der Waals surface area contributed by atoms with E-state index in [1.165, 1.54) is 42.0 Å². The van der Waals surface area contributed by atoms with Gasteiger partial charge in [-0.3, -0.25) is 0 Å². The number of nitrogens with zero attached hydrogens (tertiary/aromatic N) is 3. The lowest BCUT2D eigenvalue weighted by Gasteiger charge is -2.24. The van der Waals surface area contributed by atoms with Crippen LogP contribution in [-0.2, 0) is 0 Å². The summed E-state index contributed by atoms with van der Waals surface area (Å²) in [5.41, 5.74) is 10.7. The Morgan fingerprint density at radius 1 is 0.526 bits per heavy atom. The summed E-state index contributed by atoms with van der Waals surface area (Å²) in [5, 5.41) is 10.8. The molecule has 0 radical (unpaired) electrons. The number of hydrogen-bond acceptors (Lipinski definition) is 5. The summed E-state index contributed by atoms with van der Waals surface area (Å²) in [6, 6.07) is 64.3. The molecule has 0 fully saturated rings. The first-order valence-corrected chi connectivity index (χ1v) is 20.0. The smallest absolute Gasteiger partial charge is 0.159 e. The van der Waals surface area contributed by atoms with Gasteiger partial charge in [-0.1, -0.05) is 127 Å². The van der Waals surface area contributed by atoms with Gasteiger partial charge in [0.1, 0.15) is 23.2 Å². The molecule has 3 aromatic heterocycles. The minimum absolute atomic E-state index is 0.255. The van der Waals surface area contributed by atoms with Crippen LogP contribution in [0, 0.1) is 0 Å². The van der Waals surface area contributed by atoms with E-state index in [4.69, 9.17) is 14.4 Å². The van der Waals surface area contributed by atoms with Crippen molar-refractivity contribution in [2.45, 2.75) is 6.17 Å². The number of aliphatic imine (C=N–C) groups is 2. The molecule has 57 heavy (non-hydrogen) atoms. The summed E-state index contributed by atoms with van der Waals surface area (Å²) in [5.74, 6) is 1.55. The normalized spacial score (nSPS) is 14.5. The van der Waals surface area contributed by atoms with Crippen LogP contribution in [0.25, 0.3) is 80.7 Å². The van der Waals surface area contributed by atoms with Gasteiger partial charge in [0.2, 0.25) is 0 Å². The largest absolute Gasteiger partial charge is 0.456 e. The number of hydrogen-bond donors (Lipinski definition) is 1. The summed E-state index contributed by atoms with van der Waals surface area (Å²) in [6.45, 7) is 0. The molecule has 8 aromatic carbocycles. The number of furan rings is 1. The Hall–Kier alpha value is -7.28. The van der Waals surface area contributed by atoms with E-state index in [9.17, 15) is 0 Å². The van der Waals surface area contributed by atoms with E-state index < -0.39 is 0 Å². The summed E-state index contributed by atoms with van der Waals surface area (Å²) < 4.78 is 11.3. The summed E-state index contributed by atoms with van der Waals surface area (Å²) >= 11 is 1.81. The van der Waals surface area contributed by atoms with Crippen LogP contribution in [0.4, 0.5) is 0 Å². The topological polar surface area (TPSA) is 54.8 Å². The van der Waals surface area contributed by atoms with Crippen molar-refractivity contribution in [3.05, 3.63) is 199 Å². The number of para-hydroxylation sites is 2. The Balaban J connectivity index is 0.991. The number of fused-ring (bicyclic) bond motifs is 9. The second kappa shape index (κ2) is 12.6. The molecule has 0 bridgehead atoms. The van der Waals surface area contributed by atoms with E-state index in [1.54, 1.807) is 0 Å². The summed E-state index contributed by atoms with van der Waals surface area (Å²) in [7, 11) is 0. The molecule has 0 spiro atoms. The van der Waals surface area contributed by atoms with Gasteiger partial charge >= 0.3 is 0 Å². The highest BCUT2D eigenvalue weighted by Crippen LogP contribution is 2.42. The van der Waals surface area contributed by atoms with Crippen LogP contribution in [0.1, 0.15) is 22.9 Å². The van der Waals surface area contributed by atoms with Gasteiger partial charge in [0.15, 0.2) is 5.84 Å². The maximum Gasteiger partial charge on any atom is 0.159 e. The van der Waals surface area contributed by atoms with Crippen LogP contribution in [0.15, 0.2) is 196 Å². The molecule has 0 saturated heterocycles. The molecule has 1 unspecified atom stereocenters. The summed E-state index contributed by atoms with van der Waals surface area (Å²) in [6.07, 6.45) is -0.255. The van der Waals surface area contributed by atoms with Crippen molar-refractivity contribution in [1.82, 2.24) is 9.88 Å². The molecule has 4 heterocycles. The van der Waals surface area contributed by atoms with Crippen LogP contribution in [-0.4, -0.2) is 16.2 Å². The van der Waals surface area contributed by atoms with Crippen molar-refractivity contribution in [1.29, 1.82) is 0 Å². The zero-order chi connectivity index (χ0) is 37.5. The molecule has 1 aliphatic rings. The Morgan fingerprint density at radius 2 is 1.19 bits per heavy atom. The van der Waals surface area contributed by atoms with Crippen molar-refractivity contribution in [3.63, 3.8) is 0 Å². The Labute approximate surface area is 331 Å². The molecule has 5 nitrogen and oxygen atoms in total. The first kappa shape index (κ1) is 32.0. The zero-order valence-corrected chi connectivity index (χ0v) is 31.4. The van der Waals surface area contributed by atoms with Gasteiger partial charge < -0.3 is 14.3 Å². The number of nitrogens with one attached hydrogen (secondary N) is 1. The van der Waals surface area contributed by atoms with Crippen molar-refractivity contribution >= 4 is 86.9 Å². The molecule has 6 heteroatoms. The number of benzene rings is 8. The molecule has 1 atom stereocenters. The Morgan fingerprint density at radius 3 is 1.98 bits per heavy atom. The monoisotopic (exact) mass is 748 g/mol. The summed E-state index contributed by atoms with van der Waals surface area (Å²) in [4.78, 5) is 10.2. The lowest BCUT2D eigenvalue weighted by molar-refractivity contribution is 0.669. The lowest BCUT2D eigenvalue weighted by Crippen LogP contribution is -2.33. The average Bonchev–Trinajstić information content (AvgIpc) is 3.96. The van der Waals surface area contributed by atoms with E-state index in [-0.39, 0.29) is 6.17 Å². The van der Waals surface area contributed by atoms with Crippen molar-refractivity contribution in [2.75, 3.05) is 0 Å². The molecular weight excluding hydrogens is 717 g/mol. The van der Waals surface area contributed by atoms with E-state index in [0.29, 0.717) is 0 Å². The quantitative estimate of drug-likeness (QED) is 0.191.